The fraction of sp³-hybridized carbons (Fsp3) is 0.636. The van der Waals surface area contributed by atoms with E-state index in [2.05, 4.69) is 5.32 Å². The molecule has 1 aromatic heterocycles. The number of nitrogens with one attached hydrogen (secondary N) is 1. The van der Waals surface area contributed by atoms with Gasteiger partial charge in [-0.25, -0.2) is 0 Å². The van der Waals surface area contributed by atoms with Crippen LogP contribution in [0.2, 0.25) is 0 Å². The third-order valence-electron chi connectivity index (χ3n) is 2.89. The van der Waals surface area contributed by atoms with Crippen LogP contribution in [0.3, 0.4) is 0 Å². The van der Waals surface area contributed by atoms with Gasteiger partial charge in [0, 0.05) is 4.88 Å². The number of alkyl halides is 3. The van der Waals surface area contributed by atoms with Crippen LogP contribution in [0.5, 0.6) is 0 Å². The van der Waals surface area contributed by atoms with Gasteiger partial charge in [-0.15, -0.1) is 11.3 Å². The molecule has 2 rings (SSSR count). The smallest absolute Gasteiger partial charge is 0.317 e. The van der Waals surface area contributed by atoms with Crippen molar-refractivity contribution in [3.8, 4) is 0 Å². The monoisotopic (exact) mass is 249 g/mol. The third-order valence-corrected chi connectivity index (χ3v) is 4.04. The Labute approximate surface area is 96.7 Å². The fourth-order valence-corrected chi connectivity index (χ4v) is 3.00. The SMILES string of the molecule is FC(F)(F)c1ccc(CC2CCNCC2)s1. The number of halogens is 3. The first-order chi connectivity index (χ1) is 7.55. The summed E-state index contributed by atoms with van der Waals surface area (Å²) in [5, 5.41) is 3.25. The first kappa shape index (κ1) is 11.9. The Balaban J connectivity index is 1.97. The Bertz CT molecular complexity index is 339. The van der Waals surface area contributed by atoms with E-state index in [1.54, 1.807) is 6.07 Å². The lowest BCUT2D eigenvalue weighted by Crippen LogP contribution is -2.28. The van der Waals surface area contributed by atoms with E-state index in [-0.39, 0.29) is 0 Å². The van der Waals surface area contributed by atoms with Gasteiger partial charge in [0.05, 0.1) is 0 Å². The van der Waals surface area contributed by atoms with Gasteiger partial charge in [-0.3, -0.25) is 0 Å². The maximum atomic E-state index is 12.4. The third kappa shape index (κ3) is 2.98. The Morgan fingerprint density at radius 3 is 2.50 bits per heavy atom. The Kier molecular flexibility index (Phi) is 3.54. The Morgan fingerprint density at radius 2 is 1.94 bits per heavy atom. The molecule has 1 aliphatic heterocycles. The van der Waals surface area contributed by atoms with Crippen molar-refractivity contribution >= 4 is 11.3 Å². The summed E-state index contributed by atoms with van der Waals surface area (Å²) in [6.07, 6.45) is -1.25. The maximum Gasteiger partial charge on any atom is 0.425 e. The lowest BCUT2D eigenvalue weighted by atomic mass is 9.94. The second kappa shape index (κ2) is 4.75. The van der Waals surface area contributed by atoms with Crippen molar-refractivity contribution in [1.29, 1.82) is 0 Å². The molecule has 1 fully saturated rings. The predicted molar refractivity (Wildman–Crippen MR) is 58.6 cm³/mol. The highest BCUT2D eigenvalue weighted by Crippen LogP contribution is 2.35. The van der Waals surface area contributed by atoms with E-state index in [4.69, 9.17) is 0 Å². The van der Waals surface area contributed by atoms with Crippen molar-refractivity contribution in [3.63, 3.8) is 0 Å². The summed E-state index contributed by atoms with van der Waals surface area (Å²) < 4.78 is 37.1. The minimum atomic E-state index is -4.18. The quantitative estimate of drug-likeness (QED) is 0.848. The molecule has 2 heterocycles. The Morgan fingerprint density at radius 1 is 1.25 bits per heavy atom. The largest absolute Gasteiger partial charge is 0.425 e. The summed E-state index contributed by atoms with van der Waals surface area (Å²) in [6, 6.07) is 2.82. The fourth-order valence-electron chi connectivity index (χ4n) is 2.01. The molecular weight excluding hydrogens is 235 g/mol. The molecule has 1 nitrogen and oxygen atoms in total. The zero-order valence-electron chi connectivity index (χ0n) is 8.81. The van der Waals surface area contributed by atoms with Crippen molar-refractivity contribution in [1.82, 2.24) is 5.32 Å². The molecule has 0 amide bonds. The lowest BCUT2D eigenvalue weighted by Gasteiger charge is -2.21. The molecule has 5 heteroatoms. The average molecular weight is 249 g/mol. The topological polar surface area (TPSA) is 12.0 Å². The van der Waals surface area contributed by atoms with Crippen molar-refractivity contribution < 1.29 is 13.2 Å². The highest BCUT2D eigenvalue weighted by atomic mass is 32.1. The first-order valence-electron chi connectivity index (χ1n) is 5.42. The summed E-state index contributed by atoms with van der Waals surface area (Å²) in [5.41, 5.74) is 0. The van der Waals surface area contributed by atoms with Gasteiger partial charge >= 0.3 is 6.18 Å². The van der Waals surface area contributed by atoms with Crippen molar-refractivity contribution in [2.24, 2.45) is 5.92 Å². The van der Waals surface area contributed by atoms with E-state index < -0.39 is 11.1 Å². The van der Waals surface area contributed by atoms with Gasteiger partial charge in [0.2, 0.25) is 0 Å². The van der Waals surface area contributed by atoms with E-state index >= 15 is 0 Å². The van der Waals surface area contributed by atoms with Gasteiger partial charge in [-0.2, -0.15) is 13.2 Å². The van der Waals surface area contributed by atoms with Crippen LogP contribution in [0.25, 0.3) is 0 Å². The summed E-state index contributed by atoms with van der Waals surface area (Å²) in [6.45, 7) is 1.98. The minimum Gasteiger partial charge on any atom is -0.317 e. The molecule has 1 aliphatic rings. The molecule has 0 radical (unpaired) electrons. The van der Waals surface area contributed by atoms with Crippen LogP contribution in [-0.2, 0) is 12.6 Å². The van der Waals surface area contributed by atoms with Crippen LogP contribution >= 0.6 is 11.3 Å². The molecule has 1 saturated heterocycles. The summed E-state index contributed by atoms with van der Waals surface area (Å²) in [7, 11) is 0. The van der Waals surface area contributed by atoms with Crippen molar-refractivity contribution in [3.05, 3.63) is 21.9 Å². The summed E-state index contributed by atoms with van der Waals surface area (Å²) in [4.78, 5) is 0.385. The lowest BCUT2D eigenvalue weighted by molar-refractivity contribution is -0.134. The van der Waals surface area contributed by atoms with E-state index in [1.165, 1.54) is 6.07 Å². The summed E-state index contributed by atoms with van der Waals surface area (Å²) in [5.74, 6) is 0.543. The van der Waals surface area contributed by atoms with Crippen LogP contribution in [0.4, 0.5) is 13.2 Å². The zero-order valence-corrected chi connectivity index (χ0v) is 9.63. The number of piperidine rings is 1. The molecule has 0 aliphatic carbocycles. The standard InChI is InChI=1S/C11H14F3NS/c12-11(13,14)10-2-1-9(16-10)7-8-3-5-15-6-4-8/h1-2,8,15H,3-7H2. The summed E-state index contributed by atoms with van der Waals surface area (Å²) >= 11 is 0.888. The van der Waals surface area contributed by atoms with Crippen molar-refractivity contribution in [2.75, 3.05) is 13.1 Å². The van der Waals surface area contributed by atoms with Gasteiger partial charge in [0.25, 0.3) is 0 Å². The average Bonchev–Trinajstić information content (AvgIpc) is 2.67. The molecule has 1 N–H and O–H groups in total. The van der Waals surface area contributed by atoms with E-state index in [0.717, 1.165) is 48.6 Å². The second-order valence-corrected chi connectivity index (χ2v) is 5.33. The number of thiophene rings is 1. The van der Waals surface area contributed by atoms with Crippen LogP contribution < -0.4 is 5.32 Å². The highest BCUT2D eigenvalue weighted by molar-refractivity contribution is 7.12. The minimum absolute atomic E-state index is 0.476. The maximum absolute atomic E-state index is 12.4. The van der Waals surface area contributed by atoms with E-state index in [1.807, 2.05) is 0 Å². The molecule has 0 aromatic carbocycles. The molecule has 1 aromatic rings. The first-order valence-corrected chi connectivity index (χ1v) is 6.24. The number of hydrogen-bond donors (Lipinski definition) is 1. The van der Waals surface area contributed by atoms with E-state index in [9.17, 15) is 13.2 Å². The number of rotatable bonds is 2. The molecule has 0 spiro atoms. The van der Waals surface area contributed by atoms with Crippen LogP contribution in [0, 0.1) is 5.92 Å². The molecule has 16 heavy (non-hydrogen) atoms. The van der Waals surface area contributed by atoms with Gasteiger partial charge in [0.1, 0.15) is 4.88 Å². The van der Waals surface area contributed by atoms with Crippen molar-refractivity contribution in [2.45, 2.75) is 25.4 Å². The van der Waals surface area contributed by atoms with Gasteiger partial charge < -0.3 is 5.32 Å². The highest BCUT2D eigenvalue weighted by Gasteiger charge is 2.32. The van der Waals surface area contributed by atoms with Gasteiger partial charge in [-0.05, 0) is 50.4 Å². The van der Waals surface area contributed by atoms with Crippen LogP contribution in [0.15, 0.2) is 12.1 Å². The van der Waals surface area contributed by atoms with Crippen LogP contribution in [-0.4, -0.2) is 13.1 Å². The molecule has 0 atom stereocenters. The van der Waals surface area contributed by atoms with E-state index in [0.29, 0.717) is 5.92 Å². The molecule has 0 saturated carbocycles. The molecule has 0 unspecified atom stereocenters. The number of hydrogen-bond acceptors (Lipinski definition) is 2. The van der Waals surface area contributed by atoms with Gasteiger partial charge in [0.15, 0.2) is 0 Å². The van der Waals surface area contributed by atoms with Crippen LogP contribution in [0.1, 0.15) is 22.6 Å². The zero-order chi connectivity index (χ0) is 11.6. The molecular formula is C11H14F3NS. The predicted octanol–water partition coefficient (Wildman–Crippen LogP) is 3.31. The second-order valence-electron chi connectivity index (χ2n) is 4.16. The Hall–Kier alpha value is -0.550. The van der Waals surface area contributed by atoms with Gasteiger partial charge in [-0.1, -0.05) is 0 Å². The molecule has 0 bridgehead atoms. The molecule has 90 valence electrons. The normalized spacial score (nSPS) is 18.9.